The molecule has 8 heterocycles. The van der Waals surface area contributed by atoms with Gasteiger partial charge in [-0.2, -0.15) is 0 Å². The number of fused-ring (bicyclic) bond motifs is 2. The highest BCUT2D eigenvalue weighted by atomic mass is 19.1. The van der Waals surface area contributed by atoms with Gasteiger partial charge in [0.1, 0.15) is 11.6 Å². The van der Waals surface area contributed by atoms with Crippen molar-refractivity contribution in [3.63, 3.8) is 0 Å². The van der Waals surface area contributed by atoms with Crippen LogP contribution in [0.3, 0.4) is 0 Å². The average molecular weight is 1180 g/mol. The van der Waals surface area contributed by atoms with Crippen LogP contribution in [-0.4, -0.2) is 204 Å². The average Bonchev–Trinajstić information content (AvgIpc) is 2.83. The number of carbonyl (C=O) groups is 4. The minimum absolute atomic E-state index is 0.0317. The molecule has 6 aliphatic heterocycles. The molecule has 20 heteroatoms. The smallest absolute Gasteiger partial charge is 0.253 e. The molecule has 0 saturated carbocycles. The predicted octanol–water partition coefficient (Wildman–Crippen LogP) is 4.79. The van der Waals surface area contributed by atoms with Crippen molar-refractivity contribution >= 4 is 35.0 Å². The number of piperazine rings is 4. The highest BCUT2D eigenvalue weighted by Gasteiger charge is 2.44. The molecule has 4 saturated heterocycles. The molecule has 18 nitrogen and oxygen atoms in total. The summed E-state index contributed by atoms with van der Waals surface area (Å²) in [5.74, 6) is -0.893. The van der Waals surface area contributed by atoms with E-state index < -0.39 is 10.8 Å². The van der Waals surface area contributed by atoms with Gasteiger partial charge in [-0.3, -0.25) is 48.4 Å². The van der Waals surface area contributed by atoms with Crippen molar-refractivity contribution in [2.45, 2.75) is 115 Å². The summed E-state index contributed by atoms with van der Waals surface area (Å²) in [7, 11) is 0. The first-order valence-electron chi connectivity index (χ1n) is 30.7. The topological polar surface area (TPSA) is 184 Å². The number of aromatic amines is 2. The first-order chi connectivity index (χ1) is 41.0. The number of halogens is 2. The maximum atomic E-state index is 14.4. The van der Waals surface area contributed by atoms with Gasteiger partial charge in [0.05, 0.1) is 24.5 Å². The van der Waals surface area contributed by atoms with Crippen molar-refractivity contribution in [3.8, 4) is 0 Å². The number of aromatic nitrogens is 2. The second-order valence-electron chi connectivity index (χ2n) is 26.7. The van der Waals surface area contributed by atoms with E-state index in [2.05, 4.69) is 67.9 Å². The highest BCUT2D eigenvalue weighted by molar-refractivity contribution is 5.99. The Kier molecular flexibility index (Phi) is 17.4. The van der Waals surface area contributed by atoms with Crippen LogP contribution in [0.4, 0.5) is 20.2 Å². The van der Waals surface area contributed by atoms with E-state index in [9.17, 15) is 37.5 Å². The Labute approximate surface area is 502 Å². The fraction of sp³-hybridized carbons (Fsp3) is 0.515. The maximum Gasteiger partial charge on any atom is 0.253 e. The molecule has 458 valence electrons. The lowest BCUT2D eigenvalue weighted by atomic mass is 9.91. The number of rotatable bonds is 14. The molecular formula is C66H84F2N12O6. The van der Waals surface area contributed by atoms with Gasteiger partial charge in [0.25, 0.3) is 22.9 Å². The Morgan fingerprint density at radius 3 is 1.24 bits per heavy atom. The van der Waals surface area contributed by atoms with E-state index in [4.69, 9.17) is 0 Å². The van der Waals surface area contributed by atoms with Crippen LogP contribution in [0.2, 0.25) is 0 Å². The molecule has 3 aromatic carbocycles. The van der Waals surface area contributed by atoms with E-state index >= 15 is 0 Å². The van der Waals surface area contributed by atoms with Gasteiger partial charge in [-0.05, 0) is 99.5 Å². The zero-order valence-corrected chi connectivity index (χ0v) is 51.1. The second-order valence-corrected chi connectivity index (χ2v) is 26.7. The van der Waals surface area contributed by atoms with Crippen molar-refractivity contribution in [3.05, 3.63) is 162 Å². The Morgan fingerprint density at radius 2 is 0.884 bits per heavy atom. The minimum atomic E-state index is -0.459. The third-order valence-corrected chi connectivity index (χ3v) is 19.0. The normalized spacial score (nSPS) is 24.4. The lowest BCUT2D eigenvalue weighted by molar-refractivity contribution is -0.121. The van der Waals surface area contributed by atoms with Gasteiger partial charge in [0.2, 0.25) is 11.8 Å². The number of carbonyl (C=O) groups excluding carboxylic acids is 4. The summed E-state index contributed by atoms with van der Waals surface area (Å²) in [6.07, 6.45) is 0.631. The fourth-order valence-corrected chi connectivity index (χ4v) is 13.9. The minimum Gasteiger partial charge on any atom is -0.336 e. The van der Waals surface area contributed by atoms with E-state index in [1.165, 1.54) is 24.3 Å². The number of nitrogens with one attached hydrogen (secondary N) is 4. The Bertz CT molecular complexity index is 3240. The molecule has 86 heavy (non-hydrogen) atoms. The molecule has 0 spiro atoms. The van der Waals surface area contributed by atoms with Crippen molar-refractivity contribution in [1.82, 2.24) is 50.0 Å². The summed E-state index contributed by atoms with van der Waals surface area (Å²) in [5, 5.41) is 7.26. The van der Waals surface area contributed by atoms with Gasteiger partial charge in [-0.1, -0.05) is 52.0 Å². The number of pyridine rings is 2. The van der Waals surface area contributed by atoms with Crippen LogP contribution in [0.15, 0.2) is 94.5 Å². The number of anilines is 2. The zero-order chi connectivity index (χ0) is 60.9. The summed E-state index contributed by atoms with van der Waals surface area (Å²) in [5.41, 5.74) is 5.29. The van der Waals surface area contributed by atoms with E-state index in [0.29, 0.717) is 125 Å². The number of H-pyrrole nitrogens is 2. The first kappa shape index (κ1) is 60.7. The van der Waals surface area contributed by atoms with E-state index in [0.717, 1.165) is 35.6 Å². The summed E-state index contributed by atoms with van der Waals surface area (Å²) < 4.78 is 27.4. The van der Waals surface area contributed by atoms with Crippen molar-refractivity contribution in [1.29, 1.82) is 0 Å². The van der Waals surface area contributed by atoms with Crippen LogP contribution in [0, 0.1) is 11.6 Å². The summed E-state index contributed by atoms with van der Waals surface area (Å²) in [4.78, 5) is 107. The molecule has 0 radical (unpaired) electrons. The third-order valence-electron chi connectivity index (χ3n) is 19.0. The van der Waals surface area contributed by atoms with Crippen LogP contribution in [0.1, 0.15) is 110 Å². The molecule has 6 atom stereocenters. The van der Waals surface area contributed by atoms with Gasteiger partial charge in [0, 0.05) is 185 Å². The van der Waals surface area contributed by atoms with E-state index in [-0.39, 0.29) is 95.7 Å². The van der Waals surface area contributed by atoms with Gasteiger partial charge in [0.15, 0.2) is 0 Å². The van der Waals surface area contributed by atoms with Gasteiger partial charge in [-0.15, -0.1) is 0 Å². The van der Waals surface area contributed by atoms with E-state index in [1.807, 2.05) is 59.4 Å². The monoisotopic (exact) mass is 1180 g/mol. The summed E-state index contributed by atoms with van der Waals surface area (Å²) in [6, 6.07) is 23.5. The SMILES string of the molecule is C[C@@H]1CN(CC(=O)N2CC(C)(C)c3[nH]c(=O)c(Cc4ccc(F)cc4)cc32)[C@@H](CN2CCN(C(=O)c3ccc(C(=O)N4CCN(C[C@H]5CN[C@H](C)CN5CC(=O)N5CC(C)(C)c6[nH]c(=O)c(Cc7ccc(F)cc7)cc65)[C@H](C)C4)cc3)C[C@H]2C)CN1. The third kappa shape index (κ3) is 13.0. The standard InChI is InChI=1S/C66H84F2N12O6/c1-41-31-77(37-57(81)79-39-65(5,6)59-55(79)27-49(61(83)71-59)25-45-9-17-51(67)18-10-45)53(29-69-41)35-73-21-23-75(33-43(73)3)63(85)47-13-15-48(16-14-47)64(86)76-24-22-74(44(4)34-76)36-54-30-70-42(2)32-78(54)38-58(82)80-40-66(7,8)60-56(80)28-50(62(84)72-60)26-46-11-19-52(68)20-12-46/h9-20,27-28,41-44,53-54,69-70H,21-26,29-40H2,1-8H3,(H,71,83)(H,72,84)/t41-,42-,43-,44-,53-,54-/m1/s1. The lowest BCUT2D eigenvalue weighted by Crippen LogP contribution is -2.63. The van der Waals surface area contributed by atoms with Gasteiger partial charge < -0.3 is 40.2 Å². The molecule has 5 aromatic rings. The lowest BCUT2D eigenvalue weighted by Gasteiger charge is -2.45. The van der Waals surface area contributed by atoms with Crippen LogP contribution in [0.25, 0.3) is 0 Å². The van der Waals surface area contributed by atoms with Crippen LogP contribution in [0.5, 0.6) is 0 Å². The number of hydrogen-bond acceptors (Lipinski definition) is 12. The van der Waals surface area contributed by atoms with Crippen LogP contribution < -0.4 is 31.6 Å². The van der Waals surface area contributed by atoms with Crippen molar-refractivity contribution in [2.24, 2.45) is 0 Å². The number of benzene rings is 3. The highest BCUT2D eigenvalue weighted by Crippen LogP contribution is 2.41. The molecule has 6 aliphatic rings. The van der Waals surface area contributed by atoms with Gasteiger partial charge >= 0.3 is 0 Å². The van der Waals surface area contributed by atoms with Crippen molar-refractivity contribution < 1.29 is 28.0 Å². The van der Waals surface area contributed by atoms with E-state index in [1.54, 1.807) is 48.5 Å². The molecule has 11 rings (SSSR count). The Morgan fingerprint density at radius 1 is 0.512 bits per heavy atom. The molecule has 4 amide bonds. The molecule has 4 fully saturated rings. The molecule has 0 aliphatic carbocycles. The quantitative estimate of drug-likeness (QED) is 0.120. The molecular weight excluding hydrogens is 1090 g/mol. The Hall–Kier alpha value is -6.94. The predicted molar refractivity (Wildman–Crippen MR) is 329 cm³/mol. The van der Waals surface area contributed by atoms with Crippen molar-refractivity contribution in [2.75, 3.05) is 115 Å². The fourth-order valence-electron chi connectivity index (χ4n) is 13.9. The van der Waals surface area contributed by atoms with Gasteiger partial charge in [-0.25, -0.2) is 8.78 Å². The molecule has 4 N–H and O–H groups in total. The Balaban J connectivity index is 0.663. The summed E-state index contributed by atoms with van der Waals surface area (Å²) in [6.45, 7) is 25.7. The zero-order valence-electron chi connectivity index (χ0n) is 51.1. The number of amides is 4. The van der Waals surface area contributed by atoms with Crippen LogP contribution in [-0.2, 0) is 33.3 Å². The molecule has 0 unspecified atom stereocenters. The summed E-state index contributed by atoms with van der Waals surface area (Å²) >= 11 is 0. The number of nitrogens with zero attached hydrogens (tertiary/aromatic N) is 8. The number of hydrogen-bond donors (Lipinski definition) is 4. The first-order valence-corrected chi connectivity index (χ1v) is 30.7. The van der Waals surface area contributed by atoms with Crippen LogP contribution >= 0.6 is 0 Å². The largest absolute Gasteiger partial charge is 0.336 e. The maximum absolute atomic E-state index is 14.4. The molecule has 0 bridgehead atoms. The second kappa shape index (κ2) is 24.7. The molecule has 2 aromatic heterocycles.